The Hall–Kier alpha value is -3.96. The standard InChI is InChI=1S/C31H36F5N3O8S.CH4/c1-18-13-24(44-5)22(20-9-10-39(27(18)20)29(41)46-30(2,3)4)15-38-12-11-37(17-26(32)33)16-23(38)19-7-8-21(28(40)45-6)25(14-19)47-48(42,43)31(34,35)36;/h7-10,13-14,23,26H,11-12,15-17H2,1-6H3;1H4. The molecule has 1 aliphatic heterocycles. The fourth-order valence-electron chi connectivity index (χ4n) is 5.58. The van der Waals surface area contributed by atoms with Crippen LogP contribution < -0.4 is 8.92 Å². The van der Waals surface area contributed by atoms with Gasteiger partial charge in [0, 0.05) is 49.4 Å². The first-order chi connectivity index (χ1) is 22.3. The minimum absolute atomic E-state index is 0. The quantitative estimate of drug-likeness (QED) is 0.105. The van der Waals surface area contributed by atoms with Crippen molar-refractivity contribution in [2.45, 2.75) is 65.2 Å². The number of carbonyl (C=O) groups excluding carboxylic acids is 2. The van der Waals surface area contributed by atoms with Crippen LogP contribution >= 0.6 is 0 Å². The zero-order valence-electron chi connectivity index (χ0n) is 27.1. The molecule has 1 fully saturated rings. The van der Waals surface area contributed by atoms with Gasteiger partial charge in [0.25, 0.3) is 6.43 Å². The molecular formula is C32H40F5N3O8S. The first-order valence-corrected chi connectivity index (χ1v) is 16.1. The van der Waals surface area contributed by atoms with Crippen LogP contribution in [0.15, 0.2) is 36.5 Å². The first kappa shape index (κ1) is 39.5. The topological polar surface area (TPSA) is 117 Å². The molecule has 2 heterocycles. The van der Waals surface area contributed by atoms with E-state index >= 15 is 0 Å². The number of methoxy groups -OCH3 is 2. The highest BCUT2D eigenvalue weighted by Crippen LogP contribution is 2.38. The molecule has 3 aromatic rings. The van der Waals surface area contributed by atoms with E-state index in [-0.39, 0.29) is 39.2 Å². The Labute approximate surface area is 281 Å². The van der Waals surface area contributed by atoms with Crippen LogP contribution in [0.2, 0.25) is 0 Å². The molecule has 1 unspecified atom stereocenters. The third-order valence-electron chi connectivity index (χ3n) is 7.65. The van der Waals surface area contributed by atoms with E-state index in [0.29, 0.717) is 27.8 Å². The molecule has 4 rings (SSSR count). The van der Waals surface area contributed by atoms with Gasteiger partial charge in [0.15, 0.2) is 5.75 Å². The third kappa shape index (κ3) is 8.80. The van der Waals surface area contributed by atoms with Gasteiger partial charge < -0.3 is 18.4 Å². The maximum Gasteiger partial charge on any atom is 0.534 e. The highest BCUT2D eigenvalue weighted by atomic mass is 32.2. The monoisotopic (exact) mass is 721 g/mol. The van der Waals surface area contributed by atoms with E-state index in [2.05, 4.69) is 8.92 Å². The summed E-state index contributed by atoms with van der Waals surface area (Å²) in [7, 11) is -3.78. The van der Waals surface area contributed by atoms with Crippen LogP contribution in [0.25, 0.3) is 10.9 Å². The number of aromatic nitrogens is 1. The largest absolute Gasteiger partial charge is 0.534 e. The highest BCUT2D eigenvalue weighted by molar-refractivity contribution is 7.88. The summed E-state index contributed by atoms with van der Waals surface area (Å²) in [4.78, 5) is 28.7. The number of hydrogen-bond donors (Lipinski definition) is 0. The molecule has 0 amide bonds. The van der Waals surface area contributed by atoms with E-state index in [1.807, 2.05) is 4.90 Å². The van der Waals surface area contributed by atoms with Crippen molar-refractivity contribution in [1.82, 2.24) is 14.4 Å². The zero-order chi connectivity index (χ0) is 35.8. The van der Waals surface area contributed by atoms with Crippen molar-refractivity contribution in [3.8, 4) is 11.5 Å². The molecule has 1 aliphatic rings. The zero-order valence-corrected chi connectivity index (χ0v) is 27.9. The first-order valence-electron chi connectivity index (χ1n) is 14.6. The Morgan fingerprint density at radius 1 is 1.02 bits per heavy atom. The second-order valence-corrected chi connectivity index (χ2v) is 13.7. The average Bonchev–Trinajstić information content (AvgIpc) is 3.43. The lowest BCUT2D eigenvalue weighted by molar-refractivity contribution is -0.0500. The lowest BCUT2D eigenvalue weighted by Gasteiger charge is -2.42. The summed E-state index contributed by atoms with van der Waals surface area (Å²) in [6.07, 6.45) is -1.73. The number of hydrogen-bond acceptors (Lipinski definition) is 10. The number of halogens is 5. The van der Waals surface area contributed by atoms with Crippen molar-refractivity contribution in [3.05, 3.63) is 58.8 Å². The van der Waals surface area contributed by atoms with Crippen LogP contribution in [0.5, 0.6) is 11.5 Å². The van der Waals surface area contributed by atoms with Crippen LogP contribution in [0, 0.1) is 6.92 Å². The van der Waals surface area contributed by atoms with E-state index < -0.39 is 63.6 Å². The summed E-state index contributed by atoms with van der Waals surface area (Å²) in [5.41, 5.74) is -5.11. The van der Waals surface area contributed by atoms with E-state index in [1.54, 1.807) is 46.0 Å². The number of ether oxygens (including phenoxy) is 3. The molecule has 1 aromatic heterocycles. The fourth-order valence-corrected chi connectivity index (χ4v) is 6.05. The third-order valence-corrected chi connectivity index (χ3v) is 8.62. The number of rotatable bonds is 9. The molecule has 0 saturated carbocycles. The van der Waals surface area contributed by atoms with E-state index in [1.165, 1.54) is 22.6 Å². The van der Waals surface area contributed by atoms with Gasteiger partial charge in [-0.1, -0.05) is 13.5 Å². The molecule has 272 valence electrons. The molecule has 0 N–H and O–H groups in total. The van der Waals surface area contributed by atoms with Crippen molar-refractivity contribution in [1.29, 1.82) is 0 Å². The number of piperazine rings is 1. The smallest absolute Gasteiger partial charge is 0.496 e. The molecule has 0 bridgehead atoms. The second-order valence-electron chi connectivity index (χ2n) is 12.2. The van der Waals surface area contributed by atoms with Crippen molar-refractivity contribution < 1.29 is 58.4 Å². The van der Waals surface area contributed by atoms with Crippen LogP contribution in [0.4, 0.5) is 26.7 Å². The van der Waals surface area contributed by atoms with Gasteiger partial charge in [0.05, 0.1) is 26.3 Å². The summed E-state index contributed by atoms with van der Waals surface area (Å²) in [6.45, 7) is 6.87. The molecule has 0 spiro atoms. The van der Waals surface area contributed by atoms with E-state index in [9.17, 15) is 40.0 Å². The van der Waals surface area contributed by atoms with Crippen LogP contribution in [0.1, 0.15) is 61.3 Å². The normalized spacial score (nSPS) is 16.4. The Morgan fingerprint density at radius 3 is 2.27 bits per heavy atom. The number of nitrogens with zero attached hydrogens (tertiary/aromatic N) is 3. The molecule has 2 aromatic carbocycles. The molecule has 1 saturated heterocycles. The molecule has 49 heavy (non-hydrogen) atoms. The summed E-state index contributed by atoms with van der Waals surface area (Å²) in [5, 5.41) is 0.632. The molecule has 17 heteroatoms. The lowest BCUT2D eigenvalue weighted by atomic mass is 9.97. The Bertz CT molecular complexity index is 1790. The van der Waals surface area contributed by atoms with Gasteiger partial charge in [-0.15, -0.1) is 0 Å². The fraction of sp³-hybridized carbons (Fsp3) is 0.500. The summed E-state index contributed by atoms with van der Waals surface area (Å²) >= 11 is 0. The van der Waals surface area contributed by atoms with E-state index in [4.69, 9.17) is 9.47 Å². The van der Waals surface area contributed by atoms with Crippen LogP contribution in [-0.2, 0) is 26.1 Å². The van der Waals surface area contributed by atoms with E-state index in [0.717, 1.165) is 19.2 Å². The van der Waals surface area contributed by atoms with Crippen molar-refractivity contribution in [2.75, 3.05) is 40.4 Å². The van der Waals surface area contributed by atoms with Gasteiger partial charge in [-0.25, -0.2) is 18.4 Å². The predicted octanol–water partition coefficient (Wildman–Crippen LogP) is 6.52. The van der Waals surface area contributed by atoms with Crippen molar-refractivity contribution in [3.63, 3.8) is 0 Å². The maximum atomic E-state index is 13.5. The van der Waals surface area contributed by atoms with Crippen molar-refractivity contribution in [2.24, 2.45) is 0 Å². The summed E-state index contributed by atoms with van der Waals surface area (Å²) in [6, 6.07) is 6.02. The number of benzene rings is 2. The molecule has 11 nitrogen and oxygen atoms in total. The molecule has 1 atom stereocenters. The number of carbonyl (C=O) groups is 2. The SMILES string of the molecule is C.COC(=O)c1ccc(C2CN(CC(F)F)CCN2Cc2c(OC)cc(C)c3c2ccn3C(=O)OC(C)(C)C)cc1OS(=O)(=O)C(F)(F)F. The Kier molecular flexibility index (Phi) is 12.0. The average molecular weight is 722 g/mol. The molecular weight excluding hydrogens is 681 g/mol. The van der Waals surface area contributed by atoms with Crippen LogP contribution in [0.3, 0.4) is 0 Å². The van der Waals surface area contributed by atoms with Gasteiger partial charge in [-0.3, -0.25) is 14.4 Å². The maximum absolute atomic E-state index is 13.5. The minimum Gasteiger partial charge on any atom is -0.496 e. The minimum atomic E-state index is -6.19. The Morgan fingerprint density at radius 2 is 1.69 bits per heavy atom. The predicted molar refractivity (Wildman–Crippen MR) is 171 cm³/mol. The van der Waals surface area contributed by atoms with Gasteiger partial charge in [0.2, 0.25) is 0 Å². The summed E-state index contributed by atoms with van der Waals surface area (Å²) in [5.74, 6) is -1.64. The van der Waals surface area contributed by atoms with Gasteiger partial charge in [-0.05, 0) is 63.1 Å². The number of aryl methyl sites for hydroxylation is 1. The second kappa shape index (κ2) is 14.9. The van der Waals surface area contributed by atoms with Gasteiger partial charge in [0.1, 0.15) is 16.9 Å². The van der Waals surface area contributed by atoms with Crippen molar-refractivity contribution >= 4 is 33.1 Å². The lowest BCUT2D eigenvalue weighted by Crippen LogP contribution is -2.49. The molecule has 0 aliphatic carbocycles. The summed E-state index contributed by atoms with van der Waals surface area (Å²) < 4.78 is 112. The van der Waals surface area contributed by atoms with Crippen LogP contribution in [-0.4, -0.2) is 92.8 Å². The van der Waals surface area contributed by atoms with Gasteiger partial charge in [-0.2, -0.15) is 21.6 Å². The Balaban J connectivity index is 0.00000650. The molecule has 0 radical (unpaired) electrons. The van der Waals surface area contributed by atoms with Gasteiger partial charge >= 0.3 is 27.7 Å². The number of esters is 1. The number of alkyl halides is 5. The number of fused-ring (bicyclic) bond motifs is 1. The highest BCUT2D eigenvalue weighted by Gasteiger charge is 2.49.